The SMILES string of the molecule is CN1CCc2cccc(Nc3cc(Nc4cnn(C5CCC(=O)NC5)c4)ncc3F)c2C1=O. The molecule has 2 aliphatic rings. The number of piperidine rings is 1. The Morgan fingerprint density at radius 2 is 2.03 bits per heavy atom. The van der Waals surface area contributed by atoms with E-state index in [9.17, 15) is 14.0 Å². The van der Waals surface area contributed by atoms with Crippen molar-refractivity contribution in [2.75, 3.05) is 30.8 Å². The Morgan fingerprint density at radius 3 is 2.85 bits per heavy atom. The fourth-order valence-corrected chi connectivity index (χ4v) is 4.19. The standard InChI is InChI=1S/C23H24FN7O2/c1-30-8-7-14-3-2-4-18(22(14)23(30)33)29-19-9-20(25-12-17(19)24)28-15-10-27-31(13-15)16-5-6-21(32)26-11-16/h2-4,9-10,12-13,16H,5-8,11H2,1H3,(H,26,32)(H2,25,28,29). The average Bonchev–Trinajstić information content (AvgIpc) is 3.27. The Kier molecular flexibility index (Phi) is 5.41. The normalized spacial score (nSPS) is 18.0. The lowest BCUT2D eigenvalue weighted by Crippen LogP contribution is -2.36. The minimum atomic E-state index is -0.525. The van der Waals surface area contributed by atoms with Crippen molar-refractivity contribution < 1.29 is 14.0 Å². The molecule has 170 valence electrons. The summed E-state index contributed by atoms with van der Waals surface area (Å²) in [5, 5.41) is 13.4. The number of carbonyl (C=O) groups is 2. The van der Waals surface area contributed by atoms with Gasteiger partial charge in [-0.2, -0.15) is 5.10 Å². The first-order valence-corrected chi connectivity index (χ1v) is 10.9. The monoisotopic (exact) mass is 449 g/mol. The van der Waals surface area contributed by atoms with Gasteiger partial charge in [0.05, 0.1) is 41.1 Å². The van der Waals surface area contributed by atoms with E-state index < -0.39 is 5.82 Å². The highest BCUT2D eigenvalue weighted by Gasteiger charge is 2.25. The summed E-state index contributed by atoms with van der Waals surface area (Å²) in [7, 11) is 1.76. The molecule has 5 rings (SSSR count). The van der Waals surface area contributed by atoms with Gasteiger partial charge in [0.1, 0.15) is 5.82 Å². The Hall–Kier alpha value is -3.95. The Bertz CT molecular complexity index is 1220. The van der Waals surface area contributed by atoms with Crippen molar-refractivity contribution in [2.45, 2.75) is 25.3 Å². The average molecular weight is 449 g/mol. The van der Waals surface area contributed by atoms with Crippen LogP contribution in [0.3, 0.4) is 0 Å². The maximum Gasteiger partial charge on any atom is 0.255 e. The number of hydrogen-bond acceptors (Lipinski definition) is 6. The highest BCUT2D eigenvalue weighted by Crippen LogP contribution is 2.30. The summed E-state index contributed by atoms with van der Waals surface area (Å²) in [4.78, 5) is 29.9. The van der Waals surface area contributed by atoms with Crippen molar-refractivity contribution in [3.05, 3.63) is 59.8 Å². The lowest BCUT2D eigenvalue weighted by Gasteiger charge is -2.27. The summed E-state index contributed by atoms with van der Waals surface area (Å²) in [6.07, 6.45) is 6.59. The lowest BCUT2D eigenvalue weighted by molar-refractivity contribution is -0.122. The van der Waals surface area contributed by atoms with Gasteiger partial charge in [-0.1, -0.05) is 12.1 Å². The summed E-state index contributed by atoms with van der Waals surface area (Å²) in [5.41, 5.74) is 2.99. The third-order valence-electron chi connectivity index (χ3n) is 6.04. The second kappa shape index (κ2) is 8.53. The molecule has 2 aliphatic heterocycles. The van der Waals surface area contributed by atoms with Crippen molar-refractivity contribution in [1.29, 1.82) is 0 Å². The van der Waals surface area contributed by atoms with Crippen LogP contribution in [0.5, 0.6) is 0 Å². The third kappa shape index (κ3) is 4.23. The molecule has 4 heterocycles. The molecule has 1 atom stereocenters. The lowest BCUT2D eigenvalue weighted by atomic mass is 9.97. The molecule has 1 aromatic carbocycles. The Morgan fingerprint density at radius 1 is 1.15 bits per heavy atom. The summed E-state index contributed by atoms with van der Waals surface area (Å²) in [5.74, 6) is -0.120. The number of nitrogens with one attached hydrogen (secondary N) is 3. The second-order valence-corrected chi connectivity index (χ2v) is 8.32. The van der Waals surface area contributed by atoms with Crippen molar-refractivity contribution in [1.82, 2.24) is 25.0 Å². The molecule has 9 nitrogen and oxygen atoms in total. The second-order valence-electron chi connectivity index (χ2n) is 8.32. The zero-order valence-corrected chi connectivity index (χ0v) is 18.1. The summed E-state index contributed by atoms with van der Waals surface area (Å²) >= 11 is 0. The molecule has 1 saturated heterocycles. The van der Waals surface area contributed by atoms with Crippen LogP contribution < -0.4 is 16.0 Å². The quantitative estimate of drug-likeness (QED) is 0.553. The van der Waals surface area contributed by atoms with Gasteiger partial charge in [0.25, 0.3) is 5.91 Å². The number of likely N-dealkylation sites (N-methyl/N-ethyl adjacent to an activating group) is 1. The third-order valence-corrected chi connectivity index (χ3v) is 6.04. The van der Waals surface area contributed by atoms with Gasteiger partial charge in [-0.25, -0.2) is 9.37 Å². The van der Waals surface area contributed by atoms with E-state index in [0.29, 0.717) is 42.3 Å². The van der Waals surface area contributed by atoms with Gasteiger partial charge < -0.3 is 20.9 Å². The number of aromatic nitrogens is 3. The van der Waals surface area contributed by atoms with E-state index in [1.165, 1.54) is 0 Å². The van der Waals surface area contributed by atoms with Crippen LogP contribution >= 0.6 is 0 Å². The van der Waals surface area contributed by atoms with Crippen molar-refractivity contribution in [2.24, 2.45) is 0 Å². The van der Waals surface area contributed by atoms with E-state index in [-0.39, 0.29) is 23.5 Å². The van der Waals surface area contributed by atoms with E-state index in [0.717, 1.165) is 24.6 Å². The maximum atomic E-state index is 14.6. The van der Waals surface area contributed by atoms with E-state index in [4.69, 9.17) is 0 Å². The molecule has 1 unspecified atom stereocenters. The molecule has 0 saturated carbocycles. The molecule has 3 aromatic rings. The van der Waals surface area contributed by atoms with Crippen molar-refractivity contribution >= 4 is 34.7 Å². The molecule has 33 heavy (non-hydrogen) atoms. The number of anilines is 4. The molecule has 2 amide bonds. The van der Waals surface area contributed by atoms with Crippen molar-refractivity contribution in [3.63, 3.8) is 0 Å². The number of halogens is 1. The van der Waals surface area contributed by atoms with Crippen LogP contribution in [0.2, 0.25) is 0 Å². The van der Waals surface area contributed by atoms with Crippen molar-refractivity contribution in [3.8, 4) is 0 Å². The molecule has 10 heteroatoms. The maximum absolute atomic E-state index is 14.6. The van der Waals surface area contributed by atoms with Crippen LogP contribution in [0.4, 0.5) is 27.3 Å². The smallest absolute Gasteiger partial charge is 0.255 e. The molecular formula is C23H24FN7O2. The summed E-state index contributed by atoms with van der Waals surface area (Å²) < 4.78 is 16.4. The van der Waals surface area contributed by atoms with E-state index >= 15 is 0 Å². The van der Waals surface area contributed by atoms with Crippen LogP contribution in [-0.2, 0) is 11.2 Å². The zero-order valence-electron chi connectivity index (χ0n) is 18.1. The van der Waals surface area contributed by atoms with E-state index in [2.05, 4.69) is 26.0 Å². The number of carbonyl (C=O) groups excluding carboxylic acids is 2. The van der Waals surface area contributed by atoms with Crippen LogP contribution in [0.15, 0.2) is 42.9 Å². The number of fused-ring (bicyclic) bond motifs is 1. The largest absolute Gasteiger partial charge is 0.354 e. The van der Waals surface area contributed by atoms with E-state index in [1.807, 2.05) is 23.0 Å². The van der Waals surface area contributed by atoms with Gasteiger partial charge in [0.15, 0.2) is 5.82 Å². The molecule has 1 fully saturated rings. The Labute approximate surface area is 190 Å². The van der Waals surface area contributed by atoms with Gasteiger partial charge in [-0.15, -0.1) is 0 Å². The number of hydrogen-bond donors (Lipinski definition) is 3. The van der Waals surface area contributed by atoms with Gasteiger partial charge in [0.2, 0.25) is 5.91 Å². The number of benzene rings is 1. The van der Waals surface area contributed by atoms with Gasteiger partial charge in [-0.3, -0.25) is 14.3 Å². The number of rotatable bonds is 5. The molecule has 0 spiro atoms. The van der Waals surface area contributed by atoms with Gasteiger partial charge in [-0.05, 0) is 24.5 Å². The first kappa shape index (κ1) is 20.9. The molecule has 3 N–H and O–H groups in total. The predicted molar refractivity (Wildman–Crippen MR) is 121 cm³/mol. The molecule has 2 aromatic heterocycles. The van der Waals surface area contributed by atoms with Crippen LogP contribution in [0.25, 0.3) is 0 Å². The summed E-state index contributed by atoms with van der Waals surface area (Å²) in [6, 6.07) is 7.22. The molecule has 0 radical (unpaired) electrons. The zero-order chi connectivity index (χ0) is 22.9. The predicted octanol–water partition coefficient (Wildman–Crippen LogP) is 2.98. The number of amides is 2. The molecule has 0 aliphatic carbocycles. The van der Waals surface area contributed by atoms with Crippen LogP contribution in [0.1, 0.15) is 34.8 Å². The van der Waals surface area contributed by atoms with Gasteiger partial charge >= 0.3 is 0 Å². The topological polar surface area (TPSA) is 104 Å². The number of nitrogens with zero attached hydrogens (tertiary/aromatic N) is 4. The van der Waals surface area contributed by atoms with Crippen LogP contribution in [0, 0.1) is 5.82 Å². The first-order chi connectivity index (χ1) is 16.0. The minimum absolute atomic E-state index is 0.0559. The summed E-state index contributed by atoms with van der Waals surface area (Å²) in [6.45, 7) is 1.20. The fraction of sp³-hybridized carbons (Fsp3) is 0.304. The Balaban J connectivity index is 1.35. The van der Waals surface area contributed by atoms with E-state index in [1.54, 1.807) is 30.3 Å². The highest BCUT2D eigenvalue weighted by molar-refractivity contribution is 6.02. The van der Waals surface area contributed by atoms with Gasteiger partial charge in [0, 0.05) is 38.8 Å². The fourth-order valence-electron chi connectivity index (χ4n) is 4.19. The van der Waals surface area contributed by atoms with Crippen LogP contribution in [-0.4, -0.2) is 51.6 Å². The number of pyridine rings is 1. The molecular weight excluding hydrogens is 425 g/mol. The highest BCUT2D eigenvalue weighted by atomic mass is 19.1. The first-order valence-electron chi connectivity index (χ1n) is 10.9. The minimum Gasteiger partial charge on any atom is -0.354 e. The molecule has 0 bridgehead atoms.